The van der Waals surface area contributed by atoms with Gasteiger partial charge in [-0.1, -0.05) is 133 Å². The molecule has 0 bridgehead atoms. The molecule has 2 nitrogen and oxygen atoms in total. The number of hydrogen-bond donors (Lipinski definition) is 0. The molecule has 0 spiro atoms. The highest BCUT2D eigenvalue weighted by molar-refractivity contribution is 6.22. The Hall–Kier alpha value is -6.90. The van der Waals surface area contributed by atoms with E-state index in [1.165, 1.54) is 80.6 Å². The van der Waals surface area contributed by atoms with Crippen LogP contribution in [0, 0.1) is 0 Å². The highest BCUT2D eigenvalue weighted by atomic mass is 15.1. The summed E-state index contributed by atoms with van der Waals surface area (Å²) in [7, 11) is 0. The second-order valence-corrected chi connectivity index (χ2v) is 16.0. The number of anilines is 6. The van der Waals surface area contributed by atoms with Crippen LogP contribution in [0.25, 0.3) is 43.8 Å². The first-order valence-electron chi connectivity index (χ1n) is 20.8. The molecule has 11 rings (SSSR count). The molecule has 9 aromatic carbocycles. The van der Waals surface area contributed by atoms with Gasteiger partial charge in [-0.15, -0.1) is 0 Å². The summed E-state index contributed by atoms with van der Waals surface area (Å²) in [5.74, 6) is 1.43. The number of nitrogens with zero attached hydrogens (tertiary/aromatic N) is 2. The molecule has 0 saturated heterocycles. The number of rotatable bonds is 10. The van der Waals surface area contributed by atoms with Gasteiger partial charge in [-0.2, -0.15) is 0 Å². The third-order valence-electron chi connectivity index (χ3n) is 12.2. The highest BCUT2D eigenvalue weighted by Gasteiger charge is 2.26. The second kappa shape index (κ2) is 14.6. The van der Waals surface area contributed by atoms with Gasteiger partial charge in [-0.3, -0.25) is 0 Å². The van der Waals surface area contributed by atoms with Crippen molar-refractivity contribution < 1.29 is 0 Å². The molecule has 0 aromatic heterocycles. The van der Waals surface area contributed by atoms with E-state index in [0.29, 0.717) is 11.8 Å². The SMILES string of the molecule is c1ccc(-c2c3ccc(N(c4ccccc4)c4ccc(C5CC5)cc4)cc3c(-c3ccccc3)c3ccc(N(c4ccccc4)c4ccc(C5CC5)cc4)cc23)cc1. The average molecular weight is 745 g/mol. The number of benzene rings is 9. The molecule has 2 heteroatoms. The zero-order valence-corrected chi connectivity index (χ0v) is 32.5. The summed E-state index contributed by atoms with van der Waals surface area (Å²) in [4.78, 5) is 4.82. The molecule has 0 unspecified atom stereocenters. The van der Waals surface area contributed by atoms with Crippen molar-refractivity contribution in [2.75, 3.05) is 9.80 Å². The van der Waals surface area contributed by atoms with Crippen LogP contribution >= 0.6 is 0 Å². The fourth-order valence-electron chi connectivity index (χ4n) is 8.99. The molecule has 0 radical (unpaired) electrons. The molecular weight excluding hydrogens is 701 g/mol. The van der Waals surface area contributed by atoms with Gasteiger partial charge in [0.05, 0.1) is 0 Å². The zero-order valence-electron chi connectivity index (χ0n) is 32.5. The van der Waals surface area contributed by atoms with E-state index in [1.54, 1.807) is 0 Å². The molecule has 0 atom stereocenters. The molecule has 2 aliphatic carbocycles. The molecule has 2 aliphatic rings. The minimum atomic E-state index is 0.714. The van der Waals surface area contributed by atoms with Crippen molar-refractivity contribution in [3.05, 3.63) is 217 Å². The summed E-state index contributed by atoms with van der Waals surface area (Å²) in [6.45, 7) is 0. The van der Waals surface area contributed by atoms with Gasteiger partial charge < -0.3 is 9.80 Å². The Morgan fingerprint density at radius 1 is 0.276 bits per heavy atom. The van der Waals surface area contributed by atoms with Crippen LogP contribution in [0.3, 0.4) is 0 Å². The van der Waals surface area contributed by atoms with Crippen molar-refractivity contribution >= 4 is 55.7 Å². The van der Waals surface area contributed by atoms with E-state index >= 15 is 0 Å². The Balaban J connectivity index is 1.17. The summed E-state index contributed by atoms with van der Waals surface area (Å²) in [6, 6.07) is 76.3. The summed E-state index contributed by atoms with van der Waals surface area (Å²) < 4.78 is 0. The van der Waals surface area contributed by atoms with Gasteiger partial charge >= 0.3 is 0 Å². The molecule has 58 heavy (non-hydrogen) atoms. The van der Waals surface area contributed by atoms with Gasteiger partial charge in [0.1, 0.15) is 0 Å². The van der Waals surface area contributed by atoms with Crippen LogP contribution in [0.4, 0.5) is 34.1 Å². The lowest BCUT2D eigenvalue weighted by Crippen LogP contribution is -2.10. The third-order valence-corrected chi connectivity index (χ3v) is 12.2. The first-order chi connectivity index (χ1) is 28.8. The van der Waals surface area contributed by atoms with Crippen molar-refractivity contribution in [2.24, 2.45) is 0 Å². The minimum absolute atomic E-state index is 0.714. The quantitative estimate of drug-likeness (QED) is 0.129. The van der Waals surface area contributed by atoms with Gasteiger partial charge in [-0.25, -0.2) is 0 Å². The lowest BCUT2D eigenvalue weighted by molar-refractivity contribution is 1.13. The maximum atomic E-state index is 2.43. The largest absolute Gasteiger partial charge is 0.310 e. The number of para-hydroxylation sites is 2. The standard InChI is InChI=1S/C56H44N2/c1-5-13-43(14-6-1)55-51-35-33-50(58(46-19-11-4-12-20-46)48-31-27-42(28-32-48)40-23-24-40)38-54(51)56(44-15-7-2-8-16-44)52-36-34-49(37-53(52)55)57(45-17-9-3-10-18-45)47-29-25-41(26-30-47)39-21-22-39/h1-20,25-40H,21-24H2. The molecule has 0 N–H and O–H groups in total. The lowest BCUT2D eigenvalue weighted by Gasteiger charge is -2.28. The fraction of sp³-hybridized carbons (Fsp3) is 0.107. The zero-order chi connectivity index (χ0) is 38.4. The van der Waals surface area contributed by atoms with E-state index < -0.39 is 0 Å². The van der Waals surface area contributed by atoms with Gasteiger partial charge in [0.25, 0.3) is 0 Å². The molecule has 9 aromatic rings. The normalized spacial score (nSPS) is 13.8. The Kier molecular flexibility index (Phi) is 8.62. The van der Waals surface area contributed by atoms with Crippen LogP contribution in [0.5, 0.6) is 0 Å². The second-order valence-electron chi connectivity index (χ2n) is 16.0. The average Bonchev–Trinajstić information content (AvgIpc) is 4.23. The smallest absolute Gasteiger partial charge is 0.0468 e. The summed E-state index contributed by atoms with van der Waals surface area (Å²) in [5, 5.41) is 4.93. The van der Waals surface area contributed by atoms with Gasteiger partial charge in [0, 0.05) is 34.1 Å². The van der Waals surface area contributed by atoms with Crippen LogP contribution in [-0.4, -0.2) is 0 Å². The van der Waals surface area contributed by atoms with Gasteiger partial charge in [0.15, 0.2) is 0 Å². The predicted octanol–water partition coefficient (Wildman–Crippen LogP) is 16.0. The predicted molar refractivity (Wildman–Crippen MR) is 246 cm³/mol. The van der Waals surface area contributed by atoms with Crippen LogP contribution < -0.4 is 9.80 Å². The van der Waals surface area contributed by atoms with E-state index in [0.717, 1.165) is 34.1 Å². The third kappa shape index (κ3) is 6.41. The van der Waals surface area contributed by atoms with E-state index in [2.05, 4.69) is 216 Å². The van der Waals surface area contributed by atoms with E-state index in [-0.39, 0.29) is 0 Å². The Bertz CT molecular complexity index is 2660. The Morgan fingerprint density at radius 3 is 0.931 bits per heavy atom. The van der Waals surface area contributed by atoms with Gasteiger partial charge in [-0.05, 0) is 165 Å². The highest BCUT2D eigenvalue weighted by Crippen LogP contribution is 2.49. The molecule has 2 fully saturated rings. The van der Waals surface area contributed by atoms with Crippen LogP contribution in [0.2, 0.25) is 0 Å². The monoisotopic (exact) mass is 744 g/mol. The van der Waals surface area contributed by atoms with Crippen LogP contribution in [-0.2, 0) is 0 Å². The molecule has 0 aliphatic heterocycles. The van der Waals surface area contributed by atoms with Crippen molar-refractivity contribution in [2.45, 2.75) is 37.5 Å². The maximum absolute atomic E-state index is 2.43. The number of hydrogen-bond acceptors (Lipinski definition) is 2. The van der Waals surface area contributed by atoms with Crippen molar-refractivity contribution in [1.29, 1.82) is 0 Å². The molecule has 278 valence electrons. The first kappa shape index (κ1) is 34.4. The van der Waals surface area contributed by atoms with Crippen molar-refractivity contribution in [3.8, 4) is 22.3 Å². The van der Waals surface area contributed by atoms with E-state index in [9.17, 15) is 0 Å². The Morgan fingerprint density at radius 2 is 0.586 bits per heavy atom. The molecule has 0 heterocycles. The van der Waals surface area contributed by atoms with Crippen LogP contribution in [0.1, 0.15) is 48.6 Å². The summed E-state index contributed by atoms with van der Waals surface area (Å²) >= 11 is 0. The Labute approximate surface area is 341 Å². The van der Waals surface area contributed by atoms with Crippen molar-refractivity contribution in [1.82, 2.24) is 0 Å². The van der Waals surface area contributed by atoms with Crippen molar-refractivity contribution in [3.63, 3.8) is 0 Å². The minimum Gasteiger partial charge on any atom is -0.310 e. The first-order valence-corrected chi connectivity index (χ1v) is 20.8. The maximum Gasteiger partial charge on any atom is 0.0468 e. The fourth-order valence-corrected chi connectivity index (χ4v) is 8.99. The molecule has 0 amide bonds. The van der Waals surface area contributed by atoms with E-state index in [4.69, 9.17) is 0 Å². The number of fused-ring (bicyclic) bond motifs is 2. The van der Waals surface area contributed by atoms with E-state index in [1.807, 2.05) is 0 Å². The topological polar surface area (TPSA) is 6.48 Å². The summed E-state index contributed by atoms with van der Waals surface area (Å²) in [5.41, 5.74) is 14.7. The van der Waals surface area contributed by atoms with Gasteiger partial charge in [0.2, 0.25) is 0 Å². The molecular formula is C56H44N2. The van der Waals surface area contributed by atoms with Crippen LogP contribution in [0.15, 0.2) is 206 Å². The summed E-state index contributed by atoms with van der Waals surface area (Å²) in [6.07, 6.45) is 5.19. The lowest BCUT2D eigenvalue weighted by atomic mass is 9.85. The molecule has 2 saturated carbocycles.